The van der Waals surface area contributed by atoms with E-state index < -0.39 is 0 Å². The lowest BCUT2D eigenvalue weighted by Crippen LogP contribution is -2.33. The highest BCUT2D eigenvalue weighted by Crippen LogP contribution is 2.27. The molecule has 0 saturated heterocycles. The summed E-state index contributed by atoms with van der Waals surface area (Å²) in [5, 5.41) is 0. The lowest BCUT2D eigenvalue weighted by Gasteiger charge is -2.31. The fraction of sp³-hybridized carbons (Fsp3) is 0.500. The van der Waals surface area contributed by atoms with Crippen LogP contribution in [0.25, 0.3) is 0 Å². The molecular formula is C12H18N2. The van der Waals surface area contributed by atoms with E-state index in [4.69, 9.17) is 5.73 Å². The van der Waals surface area contributed by atoms with Gasteiger partial charge in [0.15, 0.2) is 0 Å². The van der Waals surface area contributed by atoms with Crippen LogP contribution in [0.3, 0.4) is 0 Å². The van der Waals surface area contributed by atoms with Crippen LogP contribution in [0.15, 0.2) is 18.2 Å². The average molecular weight is 190 g/mol. The highest BCUT2D eigenvalue weighted by Gasteiger charge is 2.15. The number of nitrogens with zero attached hydrogens (tertiary/aromatic N) is 1. The smallest absolute Gasteiger partial charge is 0.0401 e. The minimum Gasteiger partial charge on any atom is -0.370 e. The molecule has 0 radical (unpaired) electrons. The Morgan fingerprint density at radius 1 is 1.43 bits per heavy atom. The Kier molecular flexibility index (Phi) is 2.73. The first-order valence-electron chi connectivity index (χ1n) is 5.36. The summed E-state index contributed by atoms with van der Waals surface area (Å²) in [6.07, 6.45) is 2.48. The number of nitrogens with two attached hydrogens (primary N) is 1. The molecule has 0 saturated carbocycles. The van der Waals surface area contributed by atoms with Crippen LogP contribution in [0.4, 0.5) is 5.69 Å². The Hall–Kier alpha value is -1.02. The maximum atomic E-state index is 5.61. The van der Waals surface area contributed by atoms with Crippen LogP contribution in [0.2, 0.25) is 0 Å². The van der Waals surface area contributed by atoms with Gasteiger partial charge < -0.3 is 10.6 Å². The summed E-state index contributed by atoms with van der Waals surface area (Å²) in [4.78, 5) is 2.41. The van der Waals surface area contributed by atoms with Gasteiger partial charge in [0, 0.05) is 25.3 Å². The van der Waals surface area contributed by atoms with Gasteiger partial charge in [-0.1, -0.05) is 12.1 Å². The molecule has 0 fully saturated rings. The second-order valence-corrected chi connectivity index (χ2v) is 4.01. The SMILES string of the molecule is Cc1ccc2c(c1)N(CCN)CCC2. The minimum atomic E-state index is 0.743. The van der Waals surface area contributed by atoms with Crippen molar-refractivity contribution in [3.8, 4) is 0 Å². The maximum Gasteiger partial charge on any atom is 0.0401 e. The van der Waals surface area contributed by atoms with E-state index in [0.717, 1.165) is 19.6 Å². The summed E-state index contributed by atoms with van der Waals surface area (Å²) < 4.78 is 0. The van der Waals surface area contributed by atoms with Gasteiger partial charge in [0.25, 0.3) is 0 Å². The van der Waals surface area contributed by atoms with Crippen molar-refractivity contribution < 1.29 is 0 Å². The van der Waals surface area contributed by atoms with Gasteiger partial charge in [-0.05, 0) is 37.0 Å². The first-order chi connectivity index (χ1) is 6.81. The second-order valence-electron chi connectivity index (χ2n) is 4.01. The molecule has 1 aromatic carbocycles. The third-order valence-electron chi connectivity index (χ3n) is 2.85. The maximum absolute atomic E-state index is 5.61. The highest BCUT2D eigenvalue weighted by molar-refractivity contribution is 5.57. The van der Waals surface area contributed by atoms with Crippen molar-refractivity contribution in [2.75, 3.05) is 24.5 Å². The van der Waals surface area contributed by atoms with Gasteiger partial charge in [0.1, 0.15) is 0 Å². The third kappa shape index (κ3) is 1.75. The van der Waals surface area contributed by atoms with E-state index in [1.54, 1.807) is 0 Å². The molecule has 0 bridgehead atoms. The first-order valence-corrected chi connectivity index (χ1v) is 5.36. The summed E-state index contributed by atoms with van der Waals surface area (Å²) in [7, 11) is 0. The normalized spacial score (nSPS) is 15.4. The van der Waals surface area contributed by atoms with Crippen LogP contribution >= 0.6 is 0 Å². The van der Waals surface area contributed by atoms with E-state index in [1.807, 2.05) is 0 Å². The van der Waals surface area contributed by atoms with Crippen molar-refractivity contribution in [3.05, 3.63) is 29.3 Å². The van der Waals surface area contributed by atoms with Crippen molar-refractivity contribution >= 4 is 5.69 Å². The predicted molar refractivity (Wildman–Crippen MR) is 60.8 cm³/mol. The van der Waals surface area contributed by atoms with Gasteiger partial charge in [0.05, 0.1) is 0 Å². The Balaban J connectivity index is 2.32. The van der Waals surface area contributed by atoms with E-state index in [2.05, 4.69) is 30.0 Å². The Morgan fingerprint density at radius 3 is 3.07 bits per heavy atom. The molecule has 0 amide bonds. The van der Waals surface area contributed by atoms with Crippen LogP contribution in [-0.4, -0.2) is 19.6 Å². The lowest BCUT2D eigenvalue weighted by atomic mass is 10.00. The van der Waals surface area contributed by atoms with Crippen LogP contribution < -0.4 is 10.6 Å². The third-order valence-corrected chi connectivity index (χ3v) is 2.85. The number of benzene rings is 1. The molecule has 14 heavy (non-hydrogen) atoms. The van der Waals surface area contributed by atoms with E-state index in [1.165, 1.54) is 29.7 Å². The van der Waals surface area contributed by atoms with Gasteiger partial charge in [-0.15, -0.1) is 0 Å². The quantitative estimate of drug-likeness (QED) is 0.769. The molecular weight excluding hydrogens is 172 g/mol. The predicted octanol–water partition coefficient (Wildman–Crippen LogP) is 1.71. The molecule has 1 aromatic rings. The van der Waals surface area contributed by atoms with Crippen LogP contribution in [0.1, 0.15) is 17.5 Å². The Morgan fingerprint density at radius 2 is 2.29 bits per heavy atom. The summed E-state index contributed by atoms with van der Waals surface area (Å²) in [5.41, 5.74) is 9.84. The molecule has 0 atom stereocenters. The second kappa shape index (κ2) is 4.01. The molecule has 1 aliphatic heterocycles. The van der Waals surface area contributed by atoms with Crippen LogP contribution in [0, 0.1) is 6.92 Å². The molecule has 2 rings (SSSR count). The monoisotopic (exact) mass is 190 g/mol. The largest absolute Gasteiger partial charge is 0.370 e. The van der Waals surface area contributed by atoms with Gasteiger partial charge in [-0.25, -0.2) is 0 Å². The number of fused-ring (bicyclic) bond motifs is 1. The Labute approximate surface area is 85.7 Å². The minimum absolute atomic E-state index is 0.743. The standard InChI is InChI=1S/C12H18N2/c1-10-4-5-11-3-2-7-14(8-6-13)12(11)9-10/h4-5,9H,2-3,6-8,13H2,1H3. The zero-order valence-corrected chi connectivity index (χ0v) is 8.79. The fourth-order valence-electron chi connectivity index (χ4n) is 2.15. The molecule has 2 heteroatoms. The molecule has 0 aromatic heterocycles. The van der Waals surface area contributed by atoms with E-state index >= 15 is 0 Å². The van der Waals surface area contributed by atoms with Crippen LogP contribution in [0.5, 0.6) is 0 Å². The number of hydrogen-bond donors (Lipinski definition) is 1. The van der Waals surface area contributed by atoms with Crippen molar-refractivity contribution in [2.24, 2.45) is 5.73 Å². The van der Waals surface area contributed by atoms with Gasteiger partial charge >= 0.3 is 0 Å². The first kappa shape index (κ1) is 9.53. The molecule has 1 aliphatic rings. The summed E-state index contributed by atoms with van der Waals surface area (Å²) in [6, 6.07) is 6.74. The van der Waals surface area contributed by atoms with Crippen LogP contribution in [-0.2, 0) is 6.42 Å². The summed E-state index contributed by atoms with van der Waals surface area (Å²) >= 11 is 0. The number of rotatable bonds is 2. The zero-order valence-electron chi connectivity index (χ0n) is 8.79. The zero-order chi connectivity index (χ0) is 9.97. The fourth-order valence-corrected chi connectivity index (χ4v) is 2.15. The van der Waals surface area contributed by atoms with Crippen molar-refractivity contribution in [2.45, 2.75) is 19.8 Å². The highest BCUT2D eigenvalue weighted by atomic mass is 15.1. The molecule has 1 heterocycles. The molecule has 0 aliphatic carbocycles. The van der Waals surface area contributed by atoms with E-state index in [-0.39, 0.29) is 0 Å². The van der Waals surface area contributed by atoms with Gasteiger partial charge in [-0.2, -0.15) is 0 Å². The molecule has 76 valence electrons. The van der Waals surface area contributed by atoms with Crippen molar-refractivity contribution in [1.82, 2.24) is 0 Å². The topological polar surface area (TPSA) is 29.3 Å². The molecule has 0 unspecified atom stereocenters. The summed E-state index contributed by atoms with van der Waals surface area (Å²) in [5.74, 6) is 0. The average Bonchev–Trinajstić information content (AvgIpc) is 2.19. The Bertz CT molecular complexity index is 320. The summed E-state index contributed by atoms with van der Waals surface area (Å²) in [6.45, 7) is 5.03. The van der Waals surface area contributed by atoms with Gasteiger partial charge in [0.2, 0.25) is 0 Å². The number of aryl methyl sites for hydroxylation is 2. The number of anilines is 1. The molecule has 0 spiro atoms. The van der Waals surface area contributed by atoms with Gasteiger partial charge in [-0.3, -0.25) is 0 Å². The number of hydrogen-bond acceptors (Lipinski definition) is 2. The lowest BCUT2D eigenvalue weighted by molar-refractivity contribution is 0.691. The van der Waals surface area contributed by atoms with E-state index in [0.29, 0.717) is 0 Å². The molecule has 2 N–H and O–H groups in total. The molecule has 2 nitrogen and oxygen atoms in total. The van der Waals surface area contributed by atoms with E-state index in [9.17, 15) is 0 Å². The van der Waals surface area contributed by atoms with Crippen molar-refractivity contribution in [3.63, 3.8) is 0 Å². The van der Waals surface area contributed by atoms with Crippen molar-refractivity contribution in [1.29, 1.82) is 0 Å².